The molecule has 2 aromatic heterocycles. The molecule has 2 N–H and O–H groups in total. The van der Waals surface area contributed by atoms with Crippen molar-refractivity contribution in [3.8, 4) is 0 Å². The van der Waals surface area contributed by atoms with Gasteiger partial charge in [0, 0.05) is 19.3 Å². The third-order valence-corrected chi connectivity index (χ3v) is 2.61. The summed E-state index contributed by atoms with van der Waals surface area (Å²) in [5, 5.41) is 12.8. The van der Waals surface area contributed by atoms with Crippen LogP contribution in [0.25, 0.3) is 5.65 Å². The van der Waals surface area contributed by atoms with Gasteiger partial charge in [0.25, 0.3) is 0 Å². The van der Waals surface area contributed by atoms with Crippen molar-refractivity contribution >= 4 is 17.2 Å². The summed E-state index contributed by atoms with van der Waals surface area (Å²) < 4.78 is 1.94. The van der Waals surface area contributed by atoms with E-state index in [-0.39, 0.29) is 6.10 Å². The van der Waals surface area contributed by atoms with Crippen molar-refractivity contribution in [1.29, 1.82) is 0 Å². The standard InChI is InChI=1S/C11H14ClN3O/c1-8(16)6-13-7-9-11(12)14-10-4-2-3-5-15(9)10/h2-5,8,13,16H,6-7H2,1H3. The summed E-state index contributed by atoms with van der Waals surface area (Å²) in [4.78, 5) is 4.24. The van der Waals surface area contributed by atoms with Gasteiger partial charge >= 0.3 is 0 Å². The van der Waals surface area contributed by atoms with Crippen molar-refractivity contribution in [3.63, 3.8) is 0 Å². The first kappa shape index (κ1) is 11.4. The highest BCUT2D eigenvalue weighted by Gasteiger charge is 2.09. The minimum Gasteiger partial charge on any atom is -0.392 e. The van der Waals surface area contributed by atoms with Crippen LogP contribution in [-0.4, -0.2) is 27.1 Å². The van der Waals surface area contributed by atoms with Crippen LogP contribution in [0.4, 0.5) is 0 Å². The number of hydrogen-bond donors (Lipinski definition) is 2. The maximum atomic E-state index is 9.15. The number of imidazole rings is 1. The first-order valence-corrected chi connectivity index (χ1v) is 5.56. The van der Waals surface area contributed by atoms with E-state index >= 15 is 0 Å². The highest BCUT2D eigenvalue weighted by Crippen LogP contribution is 2.16. The summed E-state index contributed by atoms with van der Waals surface area (Å²) in [6, 6.07) is 5.76. The summed E-state index contributed by atoms with van der Waals surface area (Å²) in [6.07, 6.45) is 1.56. The third-order valence-electron chi connectivity index (χ3n) is 2.31. The Morgan fingerprint density at radius 1 is 1.56 bits per heavy atom. The maximum absolute atomic E-state index is 9.15. The molecule has 2 heterocycles. The molecule has 0 aliphatic heterocycles. The van der Waals surface area contributed by atoms with Crippen molar-refractivity contribution in [2.75, 3.05) is 6.54 Å². The molecular weight excluding hydrogens is 226 g/mol. The fourth-order valence-corrected chi connectivity index (χ4v) is 1.82. The van der Waals surface area contributed by atoms with Crippen LogP contribution >= 0.6 is 11.6 Å². The fraction of sp³-hybridized carbons (Fsp3) is 0.364. The van der Waals surface area contributed by atoms with Gasteiger partial charge in [-0.15, -0.1) is 0 Å². The lowest BCUT2D eigenvalue weighted by atomic mass is 10.4. The van der Waals surface area contributed by atoms with E-state index in [9.17, 15) is 0 Å². The normalized spacial score (nSPS) is 13.2. The van der Waals surface area contributed by atoms with E-state index in [1.54, 1.807) is 6.92 Å². The Labute approximate surface area is 98.9 Å². The van der Waals surface area contributed by atoms with Gasteiger partial charge < -0.3 is 14.8 Å². The Morgan fingerprint density at radius 3 is 3.12 bits per heavy atom. The van der Waals surface area contributed by atoms with E-state index in [1.165, 1.54) is 0 Å². The van der Waals surface area contributed by atoms with E-state index in [4.69, 9.17) is 16.7 Å². The quantitative estimate of drug-likeness (QED) is 0.849. The summed E-state index contributed by atoms with van der Waals surface area (Å²) >= 11 is 6.05. The Kier molecular flexibility index (Phi) is 3.43. The first-order chi connectivity index (χ1) is 7.68. The van der Waals surface area contributed by atoms with Gasteiger partial charge in [-0.2, -0.15) is 0 Å². The molecule has 0 amide bonds. The molecule has 5 heteroatoms. The molecule has 2 aromatic rings. The van der Waals surface area contributed by atoms with Gasteiger partial charge in [0.2, 0.25) is 0 Å². The lowest BCUT2D eigenvalue weighted by Gasteiger charge is -2.06. The second-order valence-corrected chi connectivity index (χ2v) is 4.12. The smallest absolute Gasteiger partial charge is 0.152 e. The van der Waals surface area contributed by atoms with Gasteiger partial charge in [-0.25, -0.2) is 4.98 Å². The van der Waals surface area contributed by atoms with Crippen LogP contribution in [0.2, 0.25) is 5.15 Å². The molecule has 1 atom stereocenters. The molecule has 0 saturated carbocycles. The molecule has 0 spiro atoms. The van der Waals surface area contributed by atoms with E-state index in [1.807, 2.05) is 28.8 Å². The first-order valence-electron chi connectivity index (χ1n) is 5.18. The van der Waals surface area contributed by atoms with E-state index in [0.717, 1.165) is 11.3 Å². The molecule has 0 bridgehead atoms. The van der Waals surface area contributed by atoms with Crippen LogP contribution in [-0.2, 0) is 6.54 Å². The monoisotopic (exact) mass is 239 g/mol. The van der Waals surface area contributed by atoms with Gasteiger partial charge in [0.15, 0.2) is 5.15 Å². The maximum Gasteiger partial charge on any atom is 0.152 e. The zero-order chi connectivity index (χ0) is 11.5. The molecule has 16 heavy (non-hydrogen) atoms. The van der Waals surface area contributed by atoms with Crippen LogP contribution < -0.4 is 5.32 Å². The molecule has 4 nitrogen and oxygen atoms in total. The highest BCUT2D eigenvalue weighted by atomic mass is 35.5. The number of fused-ring (bicyclic) bond motifs is 1. The van der Waals surface area contributed by atoms with Crippen LogP contribution in [0, 0.1) is 0 Å². The summed E-state index contributed by atoms with van der Waals surface area (Å²) in [7, 11) is 0. The van der Waals surface area contributed by atoms with Crippen molar-refractivity contribution < 1.29 is 5.11 Å². The topological polar surface area (TPSA) is 49.6 Å². The van der Waals surface area contributed by atoms with Crippen LogP contribution in [0.1, 0.15) is 12.6 Å². The molecule has 1 unspecified atom stereocenters. The SMILES string of the molecule is CC(O)CNCc1c(Cl)nc2ccccn12. The lowest BCUT2D eigenvalue weighted by molar-refractivity contribution is 0.191. The average Bonchev–Trinajstić information content (AvgIpc) is 2.55. The molecule has 0 saturated heterocycles. The Morgan fingerprint density at radius 2 is 2.38 bits per heavy atom. The van der Waals surface area contributed by atoms with E-state index in [2.05, 4.69) is 10.3 Å². The average molecular weight is 240 g/mol. The largest absolute Gasteiger partial charge is 0.392 e. The number of nitrogens with one attached hydrogen (secondary N) is 1. The zero-order valence-corrected chi connectivity index (χ0v) is 9.78. The molecule has 0 aliphatic carbocycles. The third kappa shape index (κ3) is 2.35. The minimum atomic E-state index is -0.363. The number of aromatic nitrogens is 2. The number of halogens is 1. The molecule has 0 aromatic carbocycles. The molecule has 0 aliphatic rings. The minimum absolute atomic E-state index is 0.363. The van der Waals surface area contributed by atoms with E-state index in [0.29, 0.717) is 18.2 Å². The van der Waals surface area contributed by atoms with Crippen molar-refractivity contribution in [3.05, 3.63) is 35.2 Å². The summed E-state index contributed by atoms with van der Waals surface area (Å²) in [5.74, 6) is 0. The van der Waals surface area contributed by atoms with Crippen molar-refractivity contribution in [2.24, 2.45) is 0 Å². The molecular formula is C11H14ClN3O. The van der Waals surface area contributed by atoms with Crippen LogP contribution in [0.3, 0.4) is 0 Å². The number of aliphatic hydroxyl groups is 1. The van der Waals surface area contributed by atoms with Crippen LogP contribution in [0.15, 0.2) is 24.4 Å². The zero-order valence-electron chi connectivity index (χ0n) is 9.02. The van der Waals surface area contributed by atoms with Gasteiger partial charge in [-0.05, 0) is 19.1 Å². The lowest BCUT2D eigenvalue weighted by Crippen LogP contribution is -2.24. The molecule has 0 radical (unpaired) electrons. The molecule has 0 fully saturated rings. The van der Waals surface area contributed by atoms with E-state index < -0.39 is 0 Å². The van der Waals surface area contributed by atoms with Gasteiger partial charge in [0.1, 0.15) is 5.65 Å². The van der Waals surface area contributed by atoms with Gasteiger partial charge in [-0.1, -0.05) is 17.7 Å². The highest BCUT2D eigenvalue weighted by molar-refractivity contribution is 6.30. The molecule has 86 valence electrons. The predicted molar refractivity (Wildman–Crippen MR) is 63.6 cm³/mol. The van der Waals surface area contributed by atoms with Crippen molar-refractivity contribution in [2.45, 2.75) is 19.6 Å². The number of hydrogen-bond acceptors (Lipinski definition) is 3. The second-order valence-electron chi connectivity index (χ2n) is 3.76. The summed E-state index contributed by atoms with van der Waals surface area (Å²) in [6.45, 7) is 2.87. The second kappa shape index (κ2) is 4.82. The number of pyridine rings is 1. The summed E-state index contributed by atoms with van der Waals surface area (Å²) in [5.41, 5.74) is 1.75. The fourth-order valence-electron chi connectivity index (χ4n) is 1.58. The Balaban J connectivity index is 2.19. The van der Waals surface area contributed by atoms with Gasteiger partial charge in [-0.3, -0.25) is 0 Å². The predicted octanol–water partition coefficient (Wildman–Crippen LogP) is 1.46. The Bertz CT molecular complexity index is 481. The number of nitrogens with zero attached hydrogens (tertiary/aromatic N) is 2. The number of rotatable bonds is 4. The van der Waals surface area contributed by atoms with Crippen molar-refractivity contribution in [1.82, 2.24) is 14.7 Å². The Hall–Kier alpha value is -1.10. The molecule has 2 rings (SSSR count). The van der Waals surface area contributed by atoms with Gasteiger partial charge in [0.05, 0.1) is 11.8 Å². The van der Waals surface area contributed by atoms with Crippen LogP contribution in [0.5, 0.6) is 0 Å². The number of aliphatic hydroxyl groups excluding tert-OH is 1.